The molecule has 28 heavy (non-hydrogen) atoms. The fourth-order valence-corrected chi connectivity index (χ4v) is 4.05. The second kappa shape index (κ2) is 8.81. The zero-order valence-corrected chi connectivity index (χ0v) is 16.5. The molecular formula is C20H24N4O3S. The van der Waals surface area contributed by atoms with Crippen molar-refractivity contribution in [2.24, 2.45) is 0 Å². The maximum Gasteiger partial charge on any atom is 0.267 e. The third-order valence-corrected chi connectivity index (χ3v) is 6.05. The number of carbonyl (C=O) groups is 2. The monoisotopic (exact) mass is 400 g/mol. The normalized spacial score (nSPS) is 17.3. The zero-order chi connectivity index (χ0) is 19.3. The van der Waals surface area contributed by atoms with Gasteiger partial charge in [-0.2, -0.15) is 0 Å². The molecule has 1 saturated heterocycles. The number of rotatable bonds is 7. The Hall–Kier alpha value is -2.29. The Labute approximate surface area is 168 Å². The zero-order valence-electron chi connectivity index (χ0n) is 15.6. The molecule has 2 N–H and O–H groups in total. The molecule has 8 heteroatoms. The first kappa shape index (κ1) is 19.0. The number of anilines is 1. The molecule has 1 aromatic heterocycles. The highest BCUT2D eigenvalue weighted by atomic mass is 32.1. The molecule has 0 radical (unpaired) electrons. The van der Waals surface area contributed by atoms with E-state index in [1.807, 2.05) is 0 Å². The fourth-order valence-electron chi connectivity index (χ4n) is 3.06. The van der Waals surface area contributed by atoms with Crippen molar-refractivity contribution in [2.45, 2.75) is 18.8 Å². The van der Waals surface area contributed by atoms with Crippen molar-refractivity contribution < 1.29 is 14.3 Å². The van der Waals surface area contributed by atoms with E-state index in [-0.39, 0.29) is 11.8 Å². The van der Waals surface area contributed by atoms with Gasteiger partial charge in [0.25, 0.3) is 11.8 Å². The summed E-state index contributed by atoms with van der Waals surface area (Å²) in [6.07, 6.45) is 3.99. The average molecular weight is 401 g/mol. The molecule has 2 aliphatic rings. The molecule has 2 fully saturated rings. The lowest BCUT2D eigenvalue weighted by Gasteiger charge is -2.26. The molecule has 1 saturated carbocycles. The predicted molar refractivity (Wildman–Crippen MR) is 108 cm³/mol. The number of hydrogen-bond donors (Lipinski definition) is 2. The van der Waals surface area contributed by atoms with Gasteiger partial charge < -0.3 is 15.4 Å². The lowest BCUT2D eigenvalue weighted by atomic mass is 10.2. The summed E-state index contributed by atoms with van der Waals surface area (Å²) in [5.74, 6) is 0.280. The number of nitrogens with one attached hydrogen (secondary N) is 2. The molecule has 4 rings (SSSR count). The third kappa shape index (κ3) is 4.95. The Morgan fingerprint density at radius 3 is 2.61 bits per heavy atom. The molecule has 0 spiro atoms. The van der Waals surface area contributed by atoms with Gasteiger partial charge in [0.05, 0.1) is 24.4 Å². The minimum Gasteiger partial charge on any atom is -0.379 e. The first-order chi connectivity index (χ1) is 13.7. The number of nitrogens with zero attached hydrogens (tertiary/aromatic N) is 2. The maximum atomic E-state index is 12.3. The fraction of sp³-hybridized carbons (Fsp3) is 0.450. The summed E-state index contributed by atoms with van der Waals surface area (Å²) in [6, 6.07) is 6.94. The Morgan fingerprint density at radius 1 is 1.14 bits per heavy atom. The molecule has 1 aliphatic carbocycles. The predicted octanol–water partition coefficient (Wildman–Crippen LogP) is 2.33. The van der Waals surface area contributed by atoms with Crippen LogP contribution in [-0.2, 0) is 4.74 Å². The van der Waals surface area contributed by atoms with E-state index >= 15 is 0 Å². The van der Waals surface area contributed by atoms with E-state index in [1.54, 1.807) is 30.5 Å². The quantitative estimate of drug-likeness (QED) is 0.745. The summed E-state index contributed by atoms with van der Waals surface area (Å²) < 4.78 is 5.32. The first-order valence-corrected chi connectivity index (χ1v) is 10.5. The van der Waals surface area contributed by atoms with E-state index < -0.39 is 0 Å². The average Bonchev–Trinajstić information content (AvgIpc) is 3.45. The Kier molecular flexibility index (Phi) is 5.99. The van der Waals surface area contributed by atoms with Gasteiger partial charge in [0.15, 0.2) is 0 Å². The van der Waals surface area contributed by atoms with Crippen LogP contribution in [0.1, 0.15) is 43.8 Å². The molecule has 148 valence electrons. The minimum atomic E-state index is -0.160. The van der Waals surface area contributed by atoms with Crippen molar-refractivity contribution in [3.8, 4) is 0 Å². The van der Waals surface area contributed by atoms with Crippen molar-refractivity contribution in [3.05, 3.63) is 45.9 Å². The number of benzene rings is 1. The van der Waals surface area contributed by atoms with E-state index in [1.165, 1.54) is 24.2 Å². The molecule has 0 unspecified atom stereocenters. The van der Waals surface area contributed by atoms with E-state index in [0.29, 0.717) is 28.6 Å². The van der Waals surface area contributed by atoms with Gasteiger partial charge in [-0.1, -0.05) is 0 Å². The highest BCUT2D eigenvalue weighted by Gasteiger charge is 2.27. The second-order valence-electron chi connectivity index (χ2n) is 7.08. The Balaban J connectivity index is 1.25. The summed E-state index contributed by atoms with van der Waals surface area (Å²) in [5.41, 5.74) is 1.24. The number of amides is 2. The van der Waals surface area contributed by atoms with E-state index in [4.69, 9.17) is 4.74 Å². The summed E-state index contributed by atoms with van der Waals surface area (Å²) in [5, 5.41) is 6.85. The number of carbonyl (C=O) groups excluding carboxylic acids is 2. The Morgan fingerprint density at radius 2 is 1.89 bits per heavy atom. The molecule has 0 bridgehead atoms. The van der Waals surface area contributed by atoms with Crippen molar-refractivity contribution in [2.75, 3.05) is 44.7 Å². The van der Waals surface area contributed by atoms with Crippen LogP contribution in [0, 0.1) is 0 Å². The van der Waals surface area contributed by atoms with Crippen LogP contribution in [0.5, 0.6) is 0 Å². The SMILES string of the molecule is O=C(NCCN1CCOCC1)c1ccc(NC(=O)c2cnc(C3CC3)s2)cc1. The third-order valence-electron chi connectivity index (χ3n) is 4.90. The van der Waals surface area contributed by atoms with E-state index in [2.05, 4.69) is 20.5 Å². The van der Waals surface area contributed by atoms with Crippen molar-refractivity contribution in [1.82, 2.24) is 15.2 Å². The maximum absolute atomic E-state index is 12.3. The van der Waals surface area contributed by atoms with Crippen LogP contribution in [0.15, 0.2) is 30.5 Å². The van der Waals surface area contributed by atoms with Crippen LogP contribution >= 0.6 is 11.3 Å². The summed E-state index contributed by atoms with van der Waals surface area (Å²) in [7, 11) is 0. The smallest absolute Gasteiger partial charge is 0.267 e. The molecule has 1 aliphatic heterocycles. The highest BCUT2D eigenvalue weighted by molar-refractivity contribution is 7.13. The number of thiazole rings is 1. The van der Waals surface area contributed by atoms with Crippen LogP contribution in [0.4, 0.5) is 5.69 Å². The molecule has 2 aromatic rings. The van der Waals surface area contributed by atoms with Gasteiger partial charge in [0.1, 0.15) is 4.88 Å². The number of aromatic nitrogens is 1. The van der Waals surface area contributed by atoms with Gasteiger partial charge in [-0.3, -0.25) is 14.5 Å². The van der Waals surface area contributed by atoms with Gasteiger partial charge >= 0.3 is 0 Å². The number of hydrogen-bond acceptors (Lipinski definition) is 6. The topological polar surface area (TPSA) is 83.6 Å². The first-order valence-electron chi connectivity index (χ1n) is 9.64. The minimum absolute atomic E-state index is 0.109. The molecule has 2 heterocycles. The second-order valence-corrected chi connectivity index (χ2v) is 8.14. The van der Waals surface area contributed by atoms with Crippen LogP contribution in [0.3, 0.4) is 0 Å². The number of ether oxygens (including phenoxy) is 1. The number of morpholine rings is 1. The molecule has 2 amide bonds. The van der Waals surface area contributed by atoms with E-state index in [0.717, 1.165) is 37.9 Å². The Bertz CT molecular complexity index is 826. The van der Waals surface area contributed by atoms with Crippen LogP contribution in [-0.4, -0.2) is 61.1 Å². The lowest BCUT2D eigenvalue weighted by Crippen LogP contribution is -2.41. The summed E-state index contributed by atoms with van der Waals surface area (Å²) >= 11 is 1.46. The molecule has 7 nitrogen and oxygen atoms in total. The van der Waals surface area contributed by atoms with Gasteiger partial charge in [-0.05, 0) is 37.1 Å². The van der Waals surface area contributed by atoms with Gasteiger partial charge in [-0.25, -0.2) is 4.98 Å². The van der Waals surface area contributed by atoms with Crippen LogP contribution < -0.4 is 10.6 Å². The van der Waals surface area contributed by atoms with Crippen molar-refractivity contribution in [1.29, 1.82) is 0 Å². The standard InChI is InChI=1S/C20H24N4O3S/c25-18(21-7-8-24-9-11-27-12-10-24)14-3-5-16(6-4-14)23-19(26)17-13-22-20(28-17)15-1-2-15/h3-6,13,15H,1-2,7-12H2,(H,21,25)(H,23,26). The lowest BCUT2D eigenvalue weighted by molar-refractivity contribution is 0.0383. The van der Waals surface area contributed by atoms with Gasteiger partial charge in [-0.15, -0.1) is 11.3 Å². The highest BCUT2D eigenvalue weighted by Crippen LogP contribution is 2.41. The van der Waals surface area contributed by atoms with E-state index in [9.17, 15) is 9.59 Å². The van der Waals surface area contributed by atoms with Crippen molar-refractivity contribution >= 4 is 28.8 Å². The van der Waals surface area contributed by atoms with Gasteiger partial charge in [0.2, 0.25) is 0 Å². The largest absolute Gasteiger partial charge is 0.379 e. The molecule has 1 aromatic carbocycles. The molecule has 0 atom stereocenters. The summed E-state index contributed by atoms with van der Waals surface area (Å²) in [4.78, 5) is 31.8. The summed E-state index contributed by atoms with van der Waals surface area (Å²) in [6.45, 7) is 4.75. The van der Waals surface area contributed by atoms with Crippen molar-refractivity contribution in [3.63, 3.8) is 0 Å². The molecular weight excluding hydrogens is 376 g/mol. The van der Waals surface area contributed by atoms with Crippen LogP contribution in [0.25, 0.3) is 0 Å². The van der Waals surface area contributed by atoms with Crippen LogP contribution in [0.2, 0.25) is 0 Å². The van der Waals surface area contributed by atoms with Gasteiger partial charge in [0, 0.05) is 43.3 Å².